The van der Waals surface area contributed by atoms with Crippen molar-refractivity contribution in [2.45, 2.75) is 25.8 Å². The van der Waals surface area contributed by atoms with Crippen LogP contribution in [0.25, 0.3) is 0 Å². The van der Waals surface area contributed by atoms with Crippen molar-refractivity contribution in [1.82, 2.24) is 4.90 Å². The summed E-state index contributed by atoms with van der Waals surface area (Å²) in [6, 6.07) is 0.230. The maximum atomic E-state index is 11.3. The molecule has 0 saturated carbocycles. The smallest absolute Gasteiger partial charge is 0.219 e. The Labute approximate surface area is 79.9 Å². The second kappa shape index (κ2) is 4.26. The molecular formula is C11H17NO. The summed E-state index contributed by atoms with van der Waals surface area (Å²) >= 11 is 0. The summed E-state index contributed by atoms with van der Waals surface area (Å²) in [5.74, 6) is 0.594. The van der Waals surface area contributed by atoms with Crippen LogP contribution >= 0.6 is 0 Å². The van der Waals surface area contributed by atoms with Gasteiger partial charge < -0.3 is 4.90 Å². The van der Waals surface area contributed by atoms with Crippen molar-refractivity contribution in [3.8, 4) is 0 Å². The second-order valence-electron chi connectivity index (χ2n) is 3.55. The van der Waals surface area contributed by atoms with Crippen LogP contribution in [0.4, 0.5) is 0 Å². The minimum absolute atomic E-state index is 0.136. The van der Waals surface area contributed by atoms with E-state index in [0.717, 1.165) is 19.4 Å². The van der Waals surface area contributed by atoms with Crippen molar-refractivity contribution in [3.05, 3.63) is 25.3 Å². The molecule has 1 fully saturated rings. The molecular weight excluding hydrogens is 162 g/mol. The molecule has 0 aliphatic carbocycles. The minimum atomic E-state index is 0.136. The average molecular weight is 179 g/mol. The summed E-state index contributed by atoms with van der Waals surface area (Å²) in [4.78, 5) is 13.2. The number of likely N-dealkylation sites (tertiary alicyclic amines) is 1. The second-order valence-corrected chi connectivity index (χ2v) is 3.55. The Morgan fingerprint density at radius 2 is 2.08 bits per heavy atom. The highest BCUT2D eigenvalue weighted by Gasteiger charge is 2.26. The molecule has 1 aliphatic rings. The van der Waals surface area contributed by atoms with Crippen LogP contribution in [0.1, 0.15) is 19.8 Å². The zero-order chi connectivity index (χ0) is 9.84. The summed E-state index contributed by atoms with van der Waals surface area (Å²) in [6.45, 7) is 9.93. The van der Waals surface area contributed by atoms with Crippen molar-refractivity contribution in [2.75, 3.05) is 6.54 Å². The molecule has 72 valence electrons. The van der Waals surface area contributed by atoms with Crippen molar-refractivity contribution >= 4 is 5.91 Å². The Hall–Kier alpha value is -1.05. The fraction of sp³-hybridized carbons (Fsp3) is 0.545. The third kappa shape index (κ3) is 2.20. The lowest BCUT2D eigenvalue weighted by Gasteiger charge is -2.36. The van der Waals surface area contributed by atoms with Gasteiger partial charge in [-0.3, -0.25) is 4.79 Å². The van der Waals surface area contributed by atoms with E-state index >= 15 is 0 Å². The van der Waals surface area contributed by atoms with E-state index in [4.69, 9.17) is 0 Å². The van der Waals surface area contributed by atoms with E-state index in [1.165, 1.54) is 0 Å². The molecule has 0 N–H and O–H groups in total. The highest BCUT2D eigenvalue weighted by Crippen LogP contribution is 2.23. The van der Waals surface area contributed by atoms with Crippen molar-refractivity contribution in [3.63, 3.8) is 0 Å². The maximum Gasteiger partial charge on any atom is 0.219 e. The van der Waals surface area contributed by atoms with Gasteiger partial charge in [-0.2, -0.15) is 0 Å². The first kappa shape index (κ1) is 10.0. The van der Waals surface area contributed by atoms with Gasteiger partial charge >= 0.3 is 0 Å². The van der Waals surface area contributed by atoms with Gasteiger partial charge in [-0.15, -0.1) is 13.2 Å². The van der Waals surface area contributed by atoms with E-state index in [9.17, 15) is 4.79 Å². The molecule has 0 aromatic carbocycles. The van der Waals surface area contributed by atoms with Gasteiger partial charge in [0.15, 0.2) is 0 Å². The molecule has 0 aromatic rings. The van der Waals surface area contributed by atoms with Gasteiger partial charge in [-0.1, -0.05) is 12.2 Å². The molecule has 1 saturated heterocycles. The van der Waals surface area contributed by atoms with E-state index < -0.39 is 0 Å². The molecule has 2 atom stereocenters. The van der Waals surface area contributed by atoms with Crippen LogP contribution in [0.3, 0.4) is 0 Å². The van der Waals surface area contributed by atoms with Crippen LogP contribution in [0.2, 0.25) is 0 Å². The van der Waals surface area contributed by atoms with Crippen LogP contribution in [-0.2, 0) is 4.79 Å². The summed E-state index contributed by atoms with van der Waals surface area (Å²) in [7, 11) is 0. The highest BCUT2D eigenvalue weighted by molar-refractivity contribution is 5.74. The first-order valence-corrected chi connectivity index (χ1v) is 4.71. The van der Waals surface area contributed by atoms with E-state index in [0.29, 0.717) is 5.92 Å². The van der Waals surface area contributed by atoms with E-state index in [2.05, 4.69) is 13.2 Å². The molecule has 13 heavy (non-hydrogen) atoms. The van der Waals surface area contributed by atoms with Gasteiger partial charge in [0.05, 0.1) is 0 Å². The number of hydrogen-bond acceptors (Lipinski definition) is 1. The number of amides is 1. The third-order valence-electron chi connectivity index (χ3n) is 2.67. The Balaban J connectivity index is 2.67. The molecule has 0 bridgehead atoms. The van der Waals surface area contributed by atoms with E-state index in [1.54, 1.807) is 6.92 Å². The van der Waals surface area contributed by atoms with Gasteiger partial charge in [-0.05, 0) is 18.8 Å². The Morgan fingerprint density at radius 1 is 1.38 bits per heavy atom. The molecule has 1 heterocycles. The number of carbonyl (C=O) groups is 1. The highest BCUT2D eigenvalue weighted by atomic mass is 16.2. The zero-order valence-corrected chi connectivity index (χ0v) is 8.20. The summed E-state index contributed by atoms with van der Waals surface area (Å²) in [6.07, 6.45) is 5.93. The Bertz CT molecular complexity index is 222. The lowest BCUT2D eigenvalue weighted by Crippen LogP contribution is -2.44. The number of hydrogen-bond donors (Lipinski definition) is 0. The Morgan fingerprint density at radius 3 is 2.54 bits per heavy atom. The number of rotatable bonds is 2. The van der Waals surface area contributed by atoms with Gasteiger partial charge in [-0.25, -0.2) is 0 Å². The number of nitrogens with zero attached hydrogens (tertiary/aromatic N) is 1. The average Bonchev–Trinajstić information content (AvgIpc) is 2.16. The molecule has 0 aromatic heterocycles. The predicted octanol–water partition coefficient (Wildman–Crippen LogP) is 1.99. The largest absolute Gasteiger partial charge is 0.336 e. The molecule has 0 unspecified atom stereocenters. The van der Waals surface area contributed by atoms with Crippen molar-refractivity contribution in [1.29, 1.82) is 0 Å². The molecule has 2 heteroatoms. The lowest BCUT2D eigenvalue weighted by atomic mass is 9.93. The normalized spacial score (nSPS) is 28.2. The Kier molecular flexibility index (Phi) is 3.29. The van der Waals surface area contributed by atoms with Crippen molar-refractivity contribution < 1.29 is 4.79 Å². The quantitative estimate of drug-likeness (QED) is 0.594. The predicted molar refractivity (Wildman–Crippen MR) is 54.3 cm³/mol. The van der Waals surface area contributed by atoms with Crippen LogP contribution in [0, 0.1) is 5.92 Å². The van der Waals surface area contributed by atoms with Crippen LogP contribution in [0.15, 0.2) is 25.3 Å². The molecule has 2 nitrogen and oxygen atoms in total. The fourth-order valence-electron chi connectivity index (χ4n) is 1.82. The molecule has 0 spiro atoms. The number of piperidine rings is 1. The SMILES string of the molecule is C=C[C@@H]1CC[C@H](C=C)N(C(C)=O)C1. The molecule has 0 radical (unpaired) electrons. The minimum Gasteiger partial charge on any atom is -0.336 e. The monoisotopic (exact) mass is 179 g/mol. The standard InChI is InChI=1S/C11H17NO/c1-4-10-6-7-11(5-2)12(8-10)9(3)13/h4-5,10-11H,1-2,6-8H2,3H3/t10-,11+/m1/s1. The van der Waals surface area contributed by atoms with Gasteiger partial charge in [0.1, 0.15) is 0 Å². The van der Waals surface area contributed by atoms with Gasteiger partial charge in [0.25, 0.3) is 0 Å². The van der Waals surface area contributed by atoms with E-state index in [-0.39, 0.29) is 11.9 Å². The lowest BCUT2D eigenvalue weighted by molar-refractivity contribution is -0.132. The van der Waals surface area contributed by atoms with E-state index in [1.807, 2.05) is 17.1 Å². The van der Waals surface area contributed by atoms with Crippen LogP contribution in [0.5, 0.6) is 0 Å². The maximum absolute atomic E-state index is 11.3. The van der Waals surface area contributed by atoms with Gasteiger partial charge in [0, 0.05) is 19.5 Å². The zero-order valence-electron chi connectivity index (χ0n) is 8.20. The summed E-state index contributed by atoms with van der Waals surface area (Å²) < 4.78 is 0. The fourth-order valence-corrected chi connectivity index (χ4v) is 1.82. The van der Waals surface area contributed by atoms with Crippen LogP contribution in [-0.4, -0.2) is 23.4 Å². The summed E-state index contributed by atoms with van der Waals surface area (Å²) in [5, 5.41) is 0. The first-order chi connectivity index (χ1) is 6.19. The molecule has 1 amide bonds. The van der Waals surface area contributed by atoms with Gasteiger partial charge in [0.2, 0.25) is 5.91 Å². The molecule has 1 aliphatic heterocycles. The first-order valence-electron chi connectivity index (χ1n) is 4.71. The summed E-state index contributed by atoms with van der Waals surface area (Å²) in [5.41, 5.74) is 0. The number of carbonyl (C=O) groups excluding carboxylic acids is 1. The van der Waals surface area contributed by atoms with Crippen LogP contribution < -0.4 is 0 Å². The van der Waals surface area contributed by atoms with Crippen molar-refractivity contribution in [2.24, 2.45) is 5.92 Å². The molecule has 1 rings (SSSR count). The third-order valence-corrected chi connectivity index (χ3v) is 2.67. The topological polar surface area (TPSA) is 20.3 Å².